The summed E-state index contributed by atoms with van der Waals surface area (Å²) in [6.45, 7) is 0.201. The van der Waals surface area contributed by atoms with Crippen molar-refractivity contribution in [3.63, 3.8) is 0 Å². The molecule has 0 aliphatic carbocycles. The topological polar surface area (TPSA) is 110 Å². The van der Waals surface area contributed by atoms with Gasteiger partial charge < -0.3 is 21.3 Å². The molecule has 9 heavy (non-hydrogen) atoms. The van der Waals surface area contributed by atoms with E-state index in [0.717, 1.165) is 0 Å². The molecule has 0 radical (unpaired) electrons. The van der Waals surface area contributed by atoms with Gasteiger partial charge in [-0.1, -0.05) is 0 Å². The lowest BCUT2D eigenvalue weighted by Gasteiger charge is -2.10. The van der Waals surface area contributed by atoms with Crippen LogP contribution in [0.5, 0.6) is 0 Å². The summed E-state index contributed by atoms with van der Waals surface area (Å²) >= 11 is 0. The minimum Gasteiger partial charge on any atom is -0.330 e. The molecule has 0 saturated carbocycles. The van der Waals surface area contributed by atoms with Crippen molar-refractivity contribution in [3.8, 4) is 0 Å². The molecule has 6 N–H and O–H groups in total. The minimum atomic E-state index is -4.08. The molecule has 0 saturated heterocycles. The standard InChI is InChI=1S/C3H11N2O3P/c4-2-1-3(5)9(6,7)8/h3H,1-2,4-5H2,(H2,6,7,8)/t3-/m0/s1. The van der Waals surface area contributed by atoms with Crippen LogP contribution in [0.1, 0.15) is 6.42 Å². The highest BCUT2D eigenvalue weighted by atomic mass is 31.2. The molecule has 0 bridgehead atoms. The van der Waals surface area contributed by atoms with Gasteiger partial charge in [-0.2, -0.15) is 0 Å². The van der Waals surface area contributed by atoms with Gasteiger partial charge in [0.25, 0.3) is 0 Å². The second kappa shape index (κ2) is 3.29. The molecule has 0 heterocycles. The van der Waals surface area contributed by atoms with Crippen LogP contribution < -0.4 is 11.5 Å². The van der Waals surface area contributed by atoms with Crippen LogP contribution in [-0.2, 0) is 4.57 Å². The fourth-order valence-corrected chi connectivity index (χ4v) is 0.824. The van der Waals surface area contributed by atoms with E-state index in [0.29, 0.717) is 0 Å². The van der Waals surface area contributed by atoms with Gasteiger partial charge >= 0.3 is 7.60 Å². The van der Waals surface area contributed by atoms with Crippen molar-refractivity contribution < 1.29 is 14.4 Å². The Labute approximate surface area is 53.2 Å². The molecule has 0 aliphatic heterocycles. The predicted molar refractivity (Wildman–Crippen MR) is 33.7 cm³/mol. The van der Waals surface area contributed by atoms with E-state index >= 15 is 0 Å². The van der Waals surface area contributed by atoms with Crippen molar-refractivity contribution in [1.29, 1.82) is 0 Å². The summed E-state index contributed by atoms with van der Waals surface area (Å²) in [4.78, 5) is 16.7. The predicted octanol–water partition coefficient (Wildman–Crippen LogP) is -1.20. The molecular formula is C3H11N2O3P. The number of hydrogen-bond acceptors (Lipinski definition) is 3. The van der Waals surface area contributed by atoms with E-state index in [1.165, 1.54) is 0 Å². The van der Waals surface area contributed by atoms with Crippen LogP contribution in [-0.4, -0.2) is 22.1 Å². The number of rotatable bonds is 3. The second-order valence-corrected chi connectivity index (χ2v) is 3.58. The third-order valence-electron chi connectivity index (χ3n) is 0.894. The van der Waals surface area contributed by atoms with Crippen molar-refractivity contribution in [2.75, 3.05) is 6.54 Å². The highest BCUT2D eigenvalue weighted by Gasteiger charge is 2.22. The van der Waals surface area contributed by atoms with Gasteiger partial charge in [0.05, 0.1) is 0 Å². The Morgan fingerprint density at radius 3 is 2.11 bits per heavy atom. The third kappa shape index (κ3) is 3.61. The zero-order chi connectivity index (χ0) is 7.49. The van der Waals surface area contributed by atoms with Crippen LogP contribution in [0.25, 0.3) is 0 Å². The Balaban J connectivity index is 3.74. The lowest BCUT2D eigenvalue weighted by Crippen LogP contribution is -2.23. The Bertz CT molecular complexity index is 122. The molecule has 0 aliphatic rings. The van der Waals surface area contributed by atoms with Crippen LogP contribution in [0.3, 0.4) is 0 Å². The maximum Gasteiger partial charge on any atom is 0.342 e. The zero-order valence-electron chi connectivity index (χ0n) is 4.90. The Hall–Kier alpha value is 0.0700. The summed E-state index contributed by atoms with van der Waals surface area (Å²) in [7, 11) is -4.08. The first-order valence-corrected chi connectivity index (χ1v) is 4.17. The Morgan fingerprint density at radius 2 is 2.00 bits per heavy atom. The normalized spacial score (nSPS) is 15.6. The molecule has 56 valence electrons. The first kappa shape index (κ1) is 9.07. The Morgan fingerprint density at radius 1 is 1.56 bits per heavy atom. The van der Waals surface area contributed by atoms with E-state index < -0.39 is 13.4 Å². The van der Waals surface area contributed by atoms with Crippen molar-refractivity contribution in [2.45, 2.75) is 12.2 Å². The molecule has 5 nitrogen and oxygen atoms in total. The van der Waals surface area contributed by atoms with Crippen molar-refractivity contribution in [3.05, 3.63) is 0 Å². The zero-order valence-corrected chi connectivity index (χ0v) is 5.79. The smallest absolute Gasteiger partial charge is 0.330 e. The van der Waals surface area contributed by atoms with Crippen LogP contribution in [0.4, 0.5) is 0 Å². The highest BCUT2D eigenvalue weighted by Crippen LogP contribution is 2.39. The van der Waals surface area contributed by atoms with Crippen LogP contribution in [0.15, 0.2) is 0 Å². The molecule has 0 spiro atoms. The minimum absolute atomic E-state index is 0.157. The lowest BCUT2D eigenvalue weighted by atomic mass is 10.4. The molecule has 0 fully saturated rings. The SMILES string of the molecule is NCC[C@@H](N)P(=O)(O)O. The van der Waals surface area contributed by atoms with Crippen LogP contribution >= 0.6 is 7.60 Å². The average molecular weight is 154 g/mol. The molecule has 0 amide bonds. The van der Waals surface area contributed by atoms with Crippen LogP contribution in [0.2, 0.25) is 0 Å². The van der Waals surface area contributed by atoms with Gasteiger partial charge in [-0.25, -0.2) is 0 Å². The van der Waals surface area contributed by atoms with E-state index in [9.17, 15) is 4.57 Å². The molecule has 1 atom stereocenters. The first-order chi connectivity index (χ1) is 3.98. The monoisotopic (exact) mass is 154 g/mol. The van der Waals surface area contributed by atoms with Gasteiger partial charge in [-0.3, -0.25) is 4.57 Å². The maximum absolute atomic E-state index is 10.2. The van der Waals surface area contributed by atoms with E-state index in [1.54, 1.807) is 0 Å². The van der Waals surface area contributed by atoms with Gasteiger partial charge in [0.2, 0.25) is 0 Å². The van der Waals surface area contributed by atoms with Gasteiger partial charge in [-0.05, 0) is 13.0 Å². The largest absolute Gasteiger partial charge is 0.342 e. The van der Waals surface area contributed by atoms with E-state index in [1.807, 2.05) is 0 Å². The molecule has 0 aromatic carbocycles. The quantitative estimate of drug-likeness (QED) is 0.381. The van der Waals surface area contributed by atoms with E-state index in [-0.39, 0.29) is 13.0 Å². The third-order valence-corrected chi connectivity index (χ3v) is 2.02. The van der Waals surface area contributed by atoms with E-state index in [4.69, 9.17) is 21.3 Å². The molecule has 0 aromatic rings. The molecule has 0 aromatic heterocycles. The summed E-state index contributed by atoms with van der Waals surface area (Å²) in [5, 5.41) is 0. The summed E-state index contributed by atoms with van der Waals surface area (Å²) < 4.78 is 10.2. The first-order valence-electron chi connectivity index (χ1n) is 2.49. The molecule has 0 unspecified atom stereocenters. The van der Waals surface area contributed by atoms with Gasteiger partial charge in [0.15, 0.2) is 0 Å². The molecule has 0 rings (SSSR count). The molecule has 6 heteroatoms. The lowest BCUT2D eigenvalue weighted by molar-refractivity contribution is 0.356. The van der Waals surface area contributed by atoms with Gasteiger partial charge in [0.1, 0.15) is 5.78 Å². The van der Waals surface area contributed by atoms with Crippen molar-refractivity contribution >= 4 is 7.60 Å². The summed E-state index contributed by atoms with van der Waals surface area (Å²) in [6, 6.07) is 0. The second-order valence-electron chi connectivity index (χ2n) is 1.73. The van der Waals surface area contributed by atoms with Gasteiger partial charge in [-0.15, -0.1) is 0 Å². The summed E-state index contributed by atoms with van der Waals surface area (Å²) in [5.41, 5.74) is 10.0. The maximum atomic E-state index is 10.2. The number of nitrogens with two attached hydrogens (primary N) is 2. The van der Waals surface area contributed by atoms with Gasteiger partial charge in [0, 0.05) is 0 Å². The summed E-state index contributed by atoms with van der Waals surface area (Å²) in [6.07, 6.45) is 0.157. The number of hydrogen-bond donors (Lipinski definition) is 4. The van der Waals surface area contributed by atoms with Crippen LogP contribution in [0, 0.1) is 0 Å². The average Bonchev–Trinajstić information content (AvgIpc) is 1.64. The van der Waals surface area contributed by atoms with Crippen molar-refractivity contribution in [1.82, 2.24) is 0 Å². The fraction of sp³-hybridized carbons (Fsp3) is 1.00. The fourth-order valence-electron chi connectivity index (χ4n) is 0.339. The summed E-state index contributed by atoms with van der Waals surface area (Å²) in [5.74, 6) is -1.09. The van der Waals surface area contributed by atoms with Crippen molar-refractivity contribution in [2.24, 2.45) is 11.5 Å². The molecular weight excluding hydrogens is 143 g/mol. The Kier molecular flexibility index (Phi) is 3.32. The highest BCUT2D eigenvalue weighted by molar-refractivity contribution is 7.52. The van der Waals surface area contributed by atoms with E-state index in [2.05, 4.69) is 0 Å².